The normalized spacial score (nSPS) is 11.6. The quantitative estimate of drug-likeness (QED) is 0.274. The monoisotopic (exact) mass is 523 g/mol. The van der Waals surface area contributed by atoms with Gasteiger partial charge >= 0.3 is 0 Å². The summed E-state index contributed by atoms with van der Waals surface area (Å²) in [5, 5.41) is 5.38. The first kappa shape index (κ1) is 23.8. The number of anilines is 1. The molecule has 0 aliphatic carbocycles. The summed E-state index contributed by atoms with van der Waals surface area (Å²) in [6.45, 7) is 1.69. The number of benzene rings is 3. The molecule has 2 aromatic heterocycles. The minimum Gasteiger partial charge on any atom is -0.496 e. The van der Waals surface area contributed by atoms with Gasteiger partial charge in [-0.15, -0.1) is 0 Å². The van der Waals surface area contributed by atoms with Gasteiger partial charge in [0.05, 0.1) is 17.7 Å². The first-order valence-corrected chi connectivity index (χ1v) is 12.6. The number of nitrogens with zero attached hydrogens (tertiary/aromatic N) is 2. The number of sulfonamides is 1. The van der Waals surface area contributed by atoms with Crippen LogP contribution >= 0.6 is 11.6 Å². The standard InChI is InChI=1S/C26H19ClFN3O4S/c1-15-11-16(3-6-23(15)28)20-14-24(34-2)21(13-22(20)27)26-19-5-4-18(12-17(19)7-9-29-26)36(32,33)31-25-8-10-35-30-25/h3-14H,1-2H3,(H,30,31). The number of ether oxygens (including phenoxy) is 1. The van der Waals surface area contributed by atoms with Gasteiger partial charge in [-0.05, 0) is 65.9 Å². The molecule has 0 amide bonds. The molecule has 0 spiro atoms. The summed E-state index contributed by atoms with van der Waals surface area (Å²) in [6.07, 6.45) is 2.86. The van der Waals surface area contributed by atoms with E-state index in [1.54, 1.807) is 55.6 Å². The Balaban J connectivity index is 1.60. The van der Waals surface area contributed by atoms with Crippen molar-refractivity contribution in [2.45, 2.75) is 11.8 Å². The average molecular weight is 524 g/mol. The van der Waals surface area contributed by atoms with E-state index >= 15 is 0 Å². The zero-order valence-electron chi connectivity index (χ0n) is 19.1. The van der Waals surface area contributed by atoms with Crippen LogP contribution < -0.4 is 9.46 Å². The molecule has 182 valence electrons. The molecule has 3 aromatic carbocycles. The highest BCUT2D eigenvalue weighted by Gasteiger charge is 2.19. The van der Waals surface area contributed by atoms with Gasteiger partial charge in [-0.25, -0.2) is 12.8 Å². The van der Waals surface area contributed by atoms with Crippen molar-refractivity contribution in [2.75, 3.05) is 11.8 Å². The van der Waals surface area contributed by atoms with E-state index in [1.165, 1.54) is 31.6 Å². The maximum Gasteiger partial charge on any atom is 0.263 e. The number of nitrogens with one attached hydrogen (secondary N) is 1. The van der Waals surface area contributed by atoms with Crippen molar-refractivity contribution in [3.63, 3.8) is 0 Å². The van der Waals surface area contributed by atoms with Gasteiger partial charge in [-0.3, -0.25) is 9.71 Å². The van der Waals surface area contributed by atoms with Gasteiger partial charge in [0.2, 0.25) is 0 Å². The second kappa shape index (κ2) is 9.25. The molecule has 10 heteroatoms. The van der Waals surface area contributed by atoms with Crippen LogP contribution in [0.2, 0.25) is 5.02 Å². The lowest BCUT2D eigenvalue weighted by Gasteiger charge is -2.15. The van der Waals surface area contributed by atoms with Crippen LogP contribution in [0.25, 0.3) is 33.2 Å². The van der Waals surface area contributed by atoms with Crippen LogP contribution in [0.4, 0.5) is 10.2 Å². The molecule has 2 heterocycles. The van der Waals surface area contributed by atoms with E-state index in [2.05, 4.69) is 19.4 Å². The fourth-order valence-corrected chi connectivity index (χ4v) is 5.24. The Morgan fingerprint density at radius 3 is 2.58 bits per heavy atom. The fourth-order valence-electron chi connectivity index (χ4n) is 3.94. The highest BCUT2D eigenvalue weighted by Crippen LogP contribution is 2.41. The molecule has 0 aliphatic rings. The molecule has 0 unspecified atom stereocenters. The Kier molecular flexibility index (Phi) is 6.11. The van der Waals surface area contributed by atoms with Crippen molar-refractivity contribution in [3.8, 4) is 28.1 Å². The van der Waals surface area contributed by atoms with E-state index < -0.39 is 10.0 Å². The highest BCUT2D eigenvalue weighted by molar-refractivity contribution is 7.92. The van der Waals surface area contributed by atoms with Gasteiger partial charge in [-0.1, -0.05) is 28.9 Å². The number of hydrogen-bond acceptors (Lipinski definition) is 6. The third-order valence-corrected chi connectivity index (χ3v) is 7.40. The molecule has 7 nitrogen and oxygen atoms in total. The van der Waals surface area contributed by atoms with Gasteiger partial charge in [0, 0.05) is 33.8 Å². The van der Waals surface area contributed by atoms with Crippen molar-refractivity contribution in [1.82, 2.24) is 10.1 Å². The fraction of sp³-hybridized carbons (Fsp3) is 0.0769. The molecule has 5 rings (SSSR count). The van der Waals surface area contributed by atoms with Crippen LogP contribution in [0.1, 0.15) is 5.56 Å². The summed E-state index contributed by atoms with van der Waals surface area (Å²) >= 11 is 6.66. The summed E-state index contributed by atoms with van der Waals surface area (Å²) in [7, 11) is -2.34. The van der Waals surface area contributed by atoms with Gasteiger partial charge in [0.25, 0.3) is 10.0 Å². The van der Waals surface area contributed by atoms with E-state index in [9.17, 15) is 12.8 Å². The molecule has 0 aliphatic heterocycles. The molecular formula is C26H19ClFN3O4S. The molecule has 0 bridgehead atoms. The summed E-state index contributed by atoms with van der Waals surface area (Å²) < 4.78 is 52.1. The average Bonchev–Trinajstić information content (AvgIpc) is 3.37. The maximum atomic E-state index is 13.8. The number of pyridine rings is 1. The Morgan fingerprint density at radius 1 is 1.03 bits per heavy atom. The summed E-state index contributed by atoms with van der Waals surface area (Å²) in [5.74, 6) is 0.304. The summed E-state index contributed by atoms with van der Waals surface area (Å²) in [6, 6.07) is 16.2. The smallest absolute Gasteiger partial charge is 0.263 e. The predicted molar refractivity (Wildman–Crippen MR) is 136 cm³/mol. The molecule has 0 saturated carbocycles. The molecule has 0 fully saturated rings. The Hall–Kier alpha value is -3.95. The maximum absolute atomic E-state index is 13.8. The van der Waals surface area contributed by atoms with Crippen molar-refractivity contribution in [3.05, 3.63) is 89.5 Å². The first-order chi connectivity index (χ1) is 17.3. The van der Waals surface area contributed by atoms with E-state index in [-0.39, 0.29) is 16.5 Å². The number of hydrogen-bond donors (Lipinski definition) is 1. The number of methoxy groups -OCH3 is 1. The number of aryl methyl sites for hydroxylation is 1. The van der Waals surface area contributed by atoms with E-state index in [0.717, 1.165) is 5.56 Å². The molecule has 0 radical (unpaired) electrons. The summed E-state index contributed by atoms with van der Waals surface area (Å²) in [5.41, 5.74) is 3.15. The van der Waals surface area contributed by atoms with Crippen LogP contribution in [0.5, 0.6) is 5.75 Å². The number of halogens is 2. The van der Waals surface area contributed by atoms with Crippen LogP contribution in [0.15, 0.2) is 82.5 Å². The van der Waals surface area contributed by atoms with Crippen molar-refractivity contribution in [2.24, 2.45) is 0 Å². The number of fused-ring (bicyclic) bond motifs is 1. The van der Waals surface area contributed by atoms with Gasteiger partial charge in [0.1, 0.15) is 17.8 Å². The molecule has 1 N–H and O–H groups in total. The van der Waals surface area contributed by atoms with Crippen LogP contribution in [0.3, 0.4) is 0 Å². The molecule has 0 saturated heterocycles. The number of aromatic nitrogens is 2. The zero-order valence-corrected chi connectivity index (χ0v) is 20.7. The summed E-state index contributed by atoms with van der Waals surface area (Å²) in [4.78, 5) is 4.59. The van der Waals surface area contributed by atoms with Crippen molar-refractivity contribution >= 4 is 38.2 Å². The molecule has 5 aromatic rings. The van der Waals surface area contributed by atoms with E-state index in [4.69, 9.17) is 16.3 Å². The predicted octanol–water partition coefficient (Wildman–Crippen LogP) is 6.47. The number of rotatable bonds is 6. The van der Waals surface area contributed by atoms with Gasteiger partial charge in [0.15, 0.2) is 5.82 Å². The third-order valence-electron chi connectivity index (χ3n) is 5.74. The van der Waals surface area contributed by atoms with Crippen molar-refractivity contribution in [1.29, 1.82) is 0 Å². The lowest BCUT2D eigenvalue weighted by Crippen LogP contribution is -2.13. The van der Waals surface area contributed by atoms with E-state index in [0.29, 0.717) is 43.9 Å². The SMILES string of the molecule is COc1cc(-c2ccc(F)c(C)c2)c(Cl)cc1-c1nccc2cc(S(=O)(=O)Nc3ccon3)ccc12. The Labute approximate surface area is 211 Å². The van der Waals surface area contributed by atoms with Crippen LogP contribution in [0, 0.1) is 12.7 Å². The first-order valence-electron chi connectivity index (χ1n) is 10.7. The zero-order chi connectivity index (χ0) is 25.4. The molecular weight excluding hydrogens is 505 g/mol. The molecule has 36 heavy (non-hydrogen) atoms. The largest absolute Gasteiger partial charge is 0.496 e. The Bertz CT molecular complexity index is 1710. The van der Waals surface area contributed by atoms with Gasteiger partial charge in [-0.2, -0.15) is 0 Å². The van der Waals surface area contributed by atoms with Gasteiger partial charge < -0.3 is 9.26 Å². The topological polar surface area (TPSA) is 94.3 Å². The minimum absolute atomic E-state index is 0.0576. The Morgan fingerprint density at radius 2 is 1.86 bits per heavy atom. The van der Waals surface area contributed by atoms with Crippen LogP contribution in [-0.4, -0.2) is 25.7 Å². The van der Waals surface area contributed by atoms with Crippen LogP contribution in [-0.2, 0) is 10.0 Å². The molecule has 0 atom stereocenters. The van der Waals surface area contributed by atoms with Crippen molar-refractivity contribution < 1.29 is 22.1 Å². The lowest BCUT2D eigenvalue weighted by atomic mass is 9.98. The second-order valence-corrected chi connectivity index (χ2v) is 10.1. The van der Waals surface area contributed by atoms with E-state index in [1.807, 2.05) is 0 Å². The second-order valence-electron chi connectivity index (χ2n) is 8.03. The minimum atomic E-state index is -3.88. The third kappa shape index (κ3) is 4.38. The lowest BCUT2D eigenvalue weighted by molar-refractivity contribution is 0.416. The highest BCUT2D eigenvalue weighted by atomic mass is 35.5.